The van der Waals surface area contributed by atoms with Crippen molar-refractivity contribution in [3.8, 4) is 0 Å². The van der Waals surface area contributed by atoms with E-state index in [1.54, 1.807) is 13.8 Å². The van der Waals surface area contributed by atoms with E-state index in [0.717, 1.165) is 0 Å². The second-order valence-corrected chi connectivity index (χ2v) is 3.33. The zero-order valence-electron chi connectivity index (χ0n) is 10.1. The van der Waals surface area contributed by atoms with E-state index in [2.05, 4.69) is 16.3 Å². The third-order valence-corrected chi connectivity index (χ3v) is 2.35. The lowest BCUT2D eigenvalue weighted by Gasteiger charge is -2.01. The molecular formula is C12H15NO4. The number of methoxy groups -OCH3 is 1. The van der Waals surface area contributed by atoms with Gasteiger partial charge in [0.2, 0.25) is 0 Å². The number of rotatable bonds is 4. The number of hydrogen-bond acceptors (Lipinski definition) is 4. The Kier molecular flexibility index (Phi) is 4.09. The molecule has 0 unspecified atom stereocenters. The Bertz CT molecular complexity index is 459. The second kappa shape index (κ2) is 5.34. The number of aromatic amines is 1. The normalized spacial score (nSPS) is 9.82. The number of carbonyl (C=O) groups excluding carboxylic acids is 2. The number of hydrogen-bond donors (Lipinski definition) is 1. The average Bonchev–Trinajstić information content (AvgIpc) is 2.65. The molecule has 1 rings (SSSR count). The zero-order chi connectivity index (χ0) is 13.0. The maximum Gasteiger partial charge on any atom is 0.355 e. The third-order valence-electron chi connectivity index (χ3n) is 2.35. The first-order chi connectivity index (χ1) is 8.06. The van der Waals surface area contributed by atoms with E-state index in [0.29, 0.717) is 16.8 Å². The first-order valence-corrected chi connectivity index (χ1v) is 5.17. The lowest BCUT2D eigenvalue weighted by atomic mass is 10.1. The maximum atomic E-state index is 11.6. The molecule has 1 aromatic heterocycles. The molecule has 1 N–H and O–H groups in total. The van der Waals surface area contributed by atoms with Gasteiger partial charge in [0.1, 0.15) is 5.69 Å². The van der Waals surface area contributed by atoms with Crippen molar-refractivity contribution in [1.82, 2.24) is 4.98 Å². The van der Waals surface area contributed by atoms with E-state index < -0.39 is 11.9 Å². The molecule has 0 fully saturated rings. The van der Waals surface area contributed by atoms with Crippen LogP contribution in [0.5, 0.6) is 0 Å². The minimum absolute atomic E-state index is 0.252. The van der Waals surface area contributed by atoms with Gasteiger partial charge < -0.3 is 14.5 Å². The van der Waals surface area contributed by atoms with Crippen molar-refractivity contribution in [1.29, 1.82) is 0 Å². The van der Waals surface area contributed by atoms with Gasteiger partial charge in [-0.2, -0.15) is 0 Å². The molecule has 5 heteroatoms. The van der Waals surface area contributed by atoms with Crippen LogP contribution >= 0.6 is 0 Å². The van der Waals surface area contributed by atoms with E-state index in [1.807, 2.05) is 0 Å². The van der Waals surface area contributed by atoms with Crippen LogP contribution in [0.15, 0.2) is 6.58 Å². The van der Waals surface area contributed by atoms with Gasteiger partial charge in [0.25, 0.3) is 0 Å². The van der Waals surface area contributed by atoms with Gasteiger partial charge in [-0.1, -0.05) is 6.58 Å². The fourth-order valence-corrected chi connectivity index (χ4v) is 1.54. The highest BCUT2D eigenvalue weighted by Gasteiger charge is 2.23. The average molecular weight is 237 g/mol. The van der Waals surface area contributed by atoms with Crippen LogP contribution in [-0.4, -0.2) is 30.6 Å². The molecule has 0 saturated carbocycles. The second-order valence-electron chi connectivity index (χ2n) is 3.33. The molecule has 1 heterocycles. The Morgan fingerprint density at radius 3 is 2.53 bits per heavy atom. The first-order valence-electron chi connectivity index (χ1n) is 5.17. The lowest BCUT2D eigenvalue weighted by molar-refractivity contribution is 0.0519. The summed E-state index contributed by atoms with van der Waals surface area (Å²) in [5.74, 6) is -1.01. The molecule has 0 aliphatic heterocycles. The molecule has 0 aliphatic rings. The van der Waals surface area contributed by atoms with Crippen LogP contribution in [0.3, 0.4) is 0 Å². The van der Waals surface area contributed by atoms with E-state index >= 15 is 0 Å². The summed E-state index contributed by atoms with van der Waals surface area (Å²) in [7, 11) is 1.28. The summed E-state index contributed by atoms with van der Waals surface area (Å²) in [5, 5.41) is 0. The summed E-state index contributed by atoms with van der Waals surface area (Å²) < 4.78 is 9.53. The van der Waals surface area contributed by atoms with Crippen molar-refractivity contribution in [2.75, 3.05) is 13.7 Å². The van der Waals surface area contributed by atoms with Gasteiger partial charge in [-0.3, -0.25) is 0 Å². The van der Waals surface area contributed by atoms with Gasteiger partial charge in [0.15, 0.2) is 0 Å². The fourth-order valence-electron chi connectivity index (χ4n) is 1.54. The summed E-state index contributed by atoms with van der Waals surface area (Å²) in [6.07, 6.45) is 1.46. The Balaban J connectivity index is 3.28. The third kappa shape index (κ3) is 2.38. The monoisotopic (exact) mass is 237 g/mol. The number of nitrogens with one attached hydrogen (secondary N) is 1. The minimum Gasteiger partial charge on any atom is -0.465 e. The van der Waals surface area contributed by atoms with Gasteiger partial charge in [0, 0.05) is 0 Å². The SMILES string of the molecule is C=Cc1[nH]c(C(=O)OCC)c(C)c1C(=O)OC. The molecule has 0 bridgehead atoms. The molecule has 0 aliphatic carbocycles. The van der Waals surface area contributed by atoms with E-state index in [1.165, 1.54) is 13.2 Å². The van der Waals surface area contributed by atoms with Crippen LogP contribution in [0.1, 0.15) is 39.0 Å². The van der Waals surface area contributed by atoms with Crippen LogP contribution < -0.4 is 0 Å². The van der Waals surface area contributed by atoms with Crippen LogP contribution in [-0.2, 0) is 9.47 Å². The Morgan fingerprint density at radius 1 is 1.41 bits per heavy atom. The minimum atomic E-state index is -0.510. The molecule has 0 saturated heterocycles. The number of esters is 2. The van der Waals surface area contributed by atoms with Gasteiger partial charge in [0.05, 0.1) is 25.0 Å². The highest BCUT2D eigenvalue weighted by atomic mass is 16.5. The van der Waals surface area contributed by atoms with E-state index in [4.69, 9.17) is 4.74 Å². The van der Waals surface area contributed by atoms with Gasteiger partial charge >= 0.3 is 11.9 Å². The van der Waals surface area contributed by atoms with E-state index in [-0.39, 0.29) is 12.3 Å². The van der Waals surface area contributed by atoms with Gasteiger partial charge in [-0.15, -0.1) is 0 Å². The lowest BCUT2D eigenvalue weighted by Crippen LogP contribution is -2.08. The first kappa shape index (κ1) is 13.0. The Hall–Kier alpha value is -2.04. The zero-order valence-corrected chi connectivity index (χ0v) is 10.1. The highest BCUT2D eigenvalue weighted by molar-refractivity contribution is 6.00. The van der Waals surface area contributed by atoms with Crippen LogP contribution in [0.4, 0.5) is 0 Å². The quantitative estimate of drug-likeness (QED) is 0.812. The van der Waals surface area contributed by atoms with Crippen molar-refractivity contribution in [2.24, 2.45) is 0 Å². The molecule has 0 atom stereocenters. The fraction of sp³-hybridized carbons (Fsp3) is 0.333. The van der Waals surface area contributed by atoms with Gasteiger partial charge in [-0.25, -0.2) is 9.59 Å². The van der Waals surface area contributed by atoms with Crippen molar-refractivity contribution >= 4 is 18.0 Å². The number of carbonyl (C=O) groups is 2. The van der Waals surface area contributed by atoms with Crippen LogP contribution in [0.2, 0.25) is 0 Å². The molecular weight excluding hydrogens is 222 g/mol. The van der Waals surface area contributed by atoms with Crippen molar-refractivity contribution in [3.63, 3.8) is 0 Å². The summed E-state index contributed by atoms with van der Waals surface area (Å²) in [6.45, 7) is 7.22. The van der Waals surface area contributed by atoms with E-state index in [9.17, 15) is 9.59 Å². The molecule has 1 aromatic rings. The smallest absolute Gasteiger partial charge is 0.355 e. The summed E-state index contributed by atoms with van der Waals surface area (Å²) in [4.78, 5) is 26.0. The van der Waals surface area contributed by atoms with Crippen molar-refractivity contribution in [3.05, 3.63) is 29.1 Å². The molecule has 92 valence electrons. The highest BCUT2D eigenvalue weighted by Crippen LogP contribution is 2.21. The number of H-pyrrole nitrogens is 1. The number of ether oxygens (including phenoxy) is 2. The summed E-state index contributed by atoms with van der Waals surface area (Å²) in [6, 6.07) is 0. The molecule has 17 heavy (non-hydrogen) atoms. The Labute approximate surface area is 99.4 Å². The number of aromatic nitrogens is 1. The predicted octanol–water partition coefficient (Wildman–Crippen LogP) is 1.93. The standard InChI is InChI=1S/C12H15NO4/c1-5-8-9(11(14)16-4)7(3)10(13-8)12(15)17-6-2/h5,13H,1,6H2,2-4H3. The molecule has 0 aromatic carbocycles. The summed E-state index contributed by atoms with van der Waals surface area (Å²) in [5.41, 5.74) is 1.52. The van der Waals surface area contributed by atoms with Gasteiger partial charge in [-0.05, 0) is 25.5 Å². The predicted molar refractivity (Wildman–Crippen MR) is 62.9 cm³/mol. The molecule has 0 radical (unpaired) electrons. The van der Waals surface area contributed by atoms with Crippen LogP contribution in [0, 0.1) is 6.92 Å². The summed E-state index contributed by atoms with van der Waals surface area (Å²) >= 11 is 0. The molecule has 0 amide bonds. The van der Waals surface area contributed by atoms with Crippen LogP contribution in [0.25, 0.3) is 6.08 Å². The molecule has 5 nitrogen and oxygen atoms in total. The Morgan fingerprint density at radius 2 is 2.06 bits per heavy atom. The topological polar surface area (TPSA) is 68.4 Å². The molecule has 0 spiro atoms. The maximum absolute atomic E-state index is 11.6. The van der Waals surface area contributed by atoms with Crippen molar-refractivity contribution in [2.45, 2.75) is 13.8 Å². The van der Waals surface area contributed by atoms with Crippen molar-refractivity contribution < 1.29 is 19.1 Å². The largest absolute Gasteiger partial charge is 0.465 e.